The second kappa shape index (κ2) is 5.32. The molecular weight excluding hydrogens is 289 g/mol. The summed E-state index contributed by atoms with van der Waals surface area (Å²) in [4.78, 5) is 9.15. The molecule has 0 aliphatic carbocycles. The van der Waals surface area contributed by atoms with E-state index in [-0.39, 0.29) is 5.82 Å². The molecular formula is C19H14FN3. The van der Waals surface area contributed by atoms with E-state index >= 15 is 0 Å². The molecule has 4 rings (SSSR count). The van der Waals surface area contributed by atoms with Gasteiger partial charge in [-0.05, 0) is 55.0 Å². The molecule has 0 radical (unpaired) electrons. The molecule has 0 saturated carbocycles. The van der Waals surface area contributed by atoms with Crippen LogP contribution < -0.4 is 0 Å². The maximum absolute atomic E-state index is 13.3. The van der Waals surface area contributed by atoms with Gasteiger partial charge in [-0.1, -0.05) is 12.1 Å². The third-order valence-electron chi connectivity index (χ3n) is 3.79. The minimum absolute atomic E-state index is 0.252. The average Bonchev–Trinajstić information content (AvgIpc) is 2.95. The highest BCUT2D eigenvalue weighted by Crippen LogP contribution is 2.32. The summed E-state index contributed by atoms with van der Waals surface area (Å²) < 4.78 is 15.3. The van der Waals surface area contributed by atoms with E-state index in [9.17, 15) is 4.39 Å². The molecule has 4 heteroatoms. The van der Waals surface area contributed by atoms with Crippen molar-refractivity contribution in [3.63, 3.8) is 0 Å². The van der Waals surface area contributed by atoms with E-state index in [4.69, 9.17) is 4.98 Å². The summed E-state index contributed by atoms with van der Waals surface area (Å²) in [6.07, 6.45) is 3.78. The van der Waals surface area contributed by atoms with Gasteiger partial charge < -0.3 is 0 Å². The maximum atomic E-state index is 13.3. The van der Waals surface area contributed by atoms with E-state index < -0.39 is 0 Å². The van der Waals surface area contributed by atoms with Gasteiger partial charge in [0.05, 0.1) is 11.4 Å². The van der Waals surface area contributed by atoms with Crippen molar-refractivity contribution < 1.29 is 4.39 Å². The molecule has 1 aromatic carbocycles. The van der Waals surface area contributed by atoms with Crippen LogP contribution in [0, 0.1) is 12.7 Å². The minimum Gasteiger partial charge on any atom is -0.299 e. The lowest BCUT2D eigenvalue weighted by molar-refractivity contribution is 0.628. The molecule has 0 unspecified atom stereocenters. The zero-order valence-corrected chi connectivity index (χ0v) is 12.6. The molecule has 0 N–H and O–H groups in total. The highest BCUT2D eigenvalue weighted by Gasteiger charge is 2.16. The van der Waals surface area contributed by atoms with E-state index in [2.05, 4.69) is 4.98 Å². The predicted molar refractivity (Wildman–Crippen MR) is 88.6 cm³/mol. The van der Waals surface area contributed by atoms with E-state index in [1.54, 1.807) is 18.3 Å². The molecule has 4 aromatic rings. The van der Waals surface area contributed by atoms with Crippen molar-refractivity contribution in [2.75, 3.05) is 0 Å². The Balaban J connectivity index is 2.06. The Kier molecular flexibility index (Phi) is 3.15. The molecule has 112 valence electrons. The standard InChI is InChI=1S/C19H14FN3/c1-13-5-10-17-22-18(16-4-2-3-11-21-16)19(23(17)12-13)14-6-8-15(20)9-7-14/h2-12H,1H3. The number of hydrogen-bond acceptors (Lipinski definition) is 2. The van der Waals surface area contributed by atoms with Crippen molar-refractivity contribution in [3.05, 3.63) is 78.4 Å². The Morgan fingerprint density at radius 2 is 1.78 bits per heavy atom. The van der Waals surface area contributed by atoms with E-state index in [1.807, 2.05) is 47.9 Å². The fourth-order valence-electron chi connectivity index (χ4n) is 2.72. The van der Waals surface area contributed by atoms with E-state index in [0.717, 1.165) is 33.9 Å². The van der Waals surface area contributed by atoms with Gasteiger partial charge in [0.1, 0.15) is 17.2 Å². The van der Waals surface area contributed by atoms with Crippen molar-refractivity contribution in [2.24, 2.45) is 0 Å². The van der Waals surface area contributed by atoms with Crippen LogP contribution >= 0.6 is 0 Å². The SMILES string of the molecule is Cc1ccc2nc(-c3ccccn3)c(-c3ccc(F)cc3)n2c1. The third kappa shape index (κ3) is 2.38. The number of halogens is 1. The number of fused-ring (bicyclic) bond motifs is 1. The van der Waals surface area contributed by atoms with Gasteiger partial charge in [-0.3, -0.25) is 9.38 Å². The highest BCUT2D eigenvalue weighted by molar-refractivity contribution is 5.80. The van der Waals surface area contributed by atoms with Gasteiger partial charge in [-0.25, -0.2) is 9.37 Å². The number of pyridine rings is 2. The van der Waals surface area contributed by atoms with Crippen molar-refractivity contribution in [3.8, 4) is 22.6 Å². The van der Waals surface area contributed by atoms with Gasteiger partial charge in [0.25, 0.3) is 0 Å². The van der Waals surface area contributed by atoms with Gasteiger partial charge in [0, 0.05) is 18.0 Å². The average molecular weight is 303 g/mol. The normalized spacial score (nSPS) is 11.0. The topological polar surface area (TPSA) is 30.2 Å². The molecule has 3 aromatic heterocycles. The van der Waals surface area contributed by atoms with Gasteiger partial charge in [0.15, 0.2) is 0 Å². The first-order chi connectivity index (χ1) is 11.2. The Morgan fingerprint density at radius 1 is 0.957 bits per heavy atom. The Hall–Kier alpha value is -3.01. The maximum Gasteiger partial charge on any atom is 0.138 e. The fraction of sp³-hybridized carbons (Fsp3) is 0.0526. The van der Waals surface area contributed by atoms with Crippen LogP contribution in [0.3, 0.4) is 0 Å². The summed E-state index contributed by atoms with van der Waals surface area (Å²) >= 11 is 0. The lowest BCUT2D eigenvalue weighted by Gasteiger charge is -2.06. The Morgan fingerprint density at radius 3 is 2.52 bits per heavy atom. The number of nitrogens with zero attached hydrogens (tertiary/aromatic N) is 3. The van der Waals surface area contributed by atoms with Crippen LogP contribution in [0.4, 0.5) is 4.39 Å². The Labute approximate surface area is 133 Å². The molecule has 0 amide bonds. The van der Waals surface area contributed by atoms with Crippen LogP contribution in [0.5, 0.6) is 0 Å². The van der Waals surface area contributed by atoms with Crippen LogP contribution in [-0.4, -0.2) is 14.4 Å². The smallest absolute Gasteiger partial charge is 0.138 e. The largest absolute Gasteiger partial charge is 0.299 e. The van der Waals surface area contributed by atoms with Crippen LogP contribution in [0.15, 0.2) is 67.0 Å². The second-order valence-corrected chi connectivity index (χ2v) is 5.47. The van der Waals surface area contributed by atoms with Gasteiger partial charge >= 0.3 is 0 Å². The van der Waals surface area contributed by atoms with Gasteiger partial charge in [0.2, 0.25) is 0 Å². The number of rotatable bonds is 2. The fourth-order valence-corrected chi connectivity index (χ4v) is 2.72. The van der Waals surface area contributed by atoms with Crippen LogP contribution in [-0.2, 0) is 0 Å². The van der Waals surface area contributed by atoms with Gasteiger partial charge in [-0.2, -0.15) is 0 Å². The first-order valence-electron chi connectivity index (χ1n) is 7.38. The summed E-state index contributed by atoms with van der Waals surface area (Å²) in [5.41, 5.74) is 5.39. The molecule has 3 heterocycles. The lowest BCUT2D eigenvalue weighted by atomic mass is 10.1. The van der Waals surface area contributed by atoms with Crippen molar-refractivity contribution in [1.82, 2.24) is 14.4 Å². The van der Waals surface area contributed by atoms with Crippen LogP contribution in [0.2, 0.25) is 0 Å². The first kappa shape index (κ1) is 13.6. The second-order valence-electron chi connectivity index (χ2n) is 5.47. The highest BCUT2D eigenvalue weighted by atomic mass is 19.1. The molecule has 3 nitrogen and oxygen atoms in total. The van der Waals surface area contributed by atoms with Gasteiger partial charge in [-0.15, -0.1) is 0 Å². The molecule has 0 aliphatic heterocycles. The lowest BCUT2D eigenvalue weighted by Crippen LogP contribution is -1.91. The zero-order valence-electron chi connectivity index (χ0n) is 12.6. The van der Waals surface area contributed by atoms with E-state index in [0.29, 0.717) is 0 Å². The van der Waals surface area contributed by atoms with Crippen molar-refractivity contribution >= 4 is 5.65 Å². The molecule has 0 aliphatic rings. The van der Waals surface area contributed by atoms with Crippen molar-refractivity contribution in [2.45, 2.75) is 6.92 Å². The molecule has 0 spiro atoms. The number of benzene rings is 1. The summed E-state index contributed by atoms with van der Waals surface area (Å²) in [5.74, 6) is -0.252. The van der Waals surface area contributed by atoms with Crippen LogP contribution in [0.1, 0.15) is 5.56 Å². The molecule has 23 heavy (non-hydrogen) atoms. The minimum atomic E-state index is -0.252. The number of aromatic nitrogens is 3. The monoisotopic (exact) mass is 303 g/mol. The molecule has 0 atom stereocenters. The summed E-state index contributed by atoms with van der Waals surface area (Å²) in [6, 6.07) is 16.2. The molecule has 0 saturated heterocycles. The summed E-state index contributed by atoms with van der Waals surface area (Å²) in [6.45, 7) is 2.04. The number of aryl methyl sites for hydroxylation is 1. The summed E-state index contributed by atoms with van der Waals surface area (Å²) in [5, 5.41) is 0. The quantitative estimate of drug-likeness (QED) is 0.545. The van der Waals surface area contributed by atoms with Crippen LogP contribution in [0.25, 0.3) is 28.3 Å². The molecule has 0 bridgehead atoms. The third-order valence-corrected chi connectivity index (χ3v) is 3.79. The van der Waals surface area contributed by atoms with Crippen molar-refractivity contribution in [1.29, 1.82) is 0 Å². The number of hydrogen-bond donors (Lipinski definition) is 0. The Bertz CT molecular complexity index is 973. The summed E-state index contributed by atoms with van der Waals surface area (Å²) in [7, 11) is 0. The number of imidazole rings is 1. The zero-order chi connectivity index (χ0) is 15.8. The predicted octanol–water partition coefficient (Wildman–Crippen LogP) is 4.51. The molecule has 0 fully saturated rings. The first-order valence-corrected chi connectivity index (χ1v) is 7.38. The van der Waals surface area contributed by atoms with E-state index in [1.165, 1.54) is 12.1 Å².